The first-order valence-electron chi connectivity index (χ1n) is 8.37. The van der Waals surface area contributed by atoms with Gasteiger partial charge in [0.2, 0.25) is 10.0 Å². The molecule has 7 nitrogen and oxygen atoms in total. The second-order valence-corrected chi connectivity index (χ2v) is 8.52. The van der Waals surface area contributed by atoms with Crippen LogP contribution in [0.4, 0.5) is 0 Å². The summed E-state index contributed by atoms with van der Waals surface area (Å²) in [7, 11) is -1.85. The molecule has 0 aliphatic carbocycles. The molecule has 136 valence electrons. The summed E-state index contributed by atoms with van der Waals surface area (Å²) < 4.78 is 34.9. The van der Waals surface area contributed by atoms with Gasteiger partial charge in [0.05, 0.1) is 6.20 Å². The Morgan fingerprint density at radius 3 is 2.65 bits per heavy atom. The number of nitrogens with zero attached hydrogens (tertiary/aromatic N) is 4. The van der Waals surface area contributed by atoms with Crippen LogP contribution in [0, 0.1) is 13.8 Å². The lowest BCUT2D eigenvalue weighted by Gasteiger charge is -2.33. The van der Waals surface area contributed by atoms with Crippen LogP contribution in [0.5, 0.6) is 0 Å². The van der Waals surface area contributed by atoms with Gasteiger partial charge in [-0.1, -0.05) is 29.4 Å². The number of aryl methyl sites for hydroxylation is 3. The number of hydrogen-bond acceptors (Lipinski definition) is 5. The van der Waals surface area contributed by atoms with Gasteiger partial charge in [0.15, 0.2) is 5.76 Å². The molecule has 3 aromatic rings. The highest BCUT2D eigenvalue weighted by Crippen LogP contribution is 2.36. The standard InChI is InChI=1S/C18H20N4O3S/c1-12-18(13(2)25-20-12)26(23,24)22-10-14-6-4-5-7-16(14)17(11-22)15-8-19-21(3)9-15/h4-9,17H,10-11H2,1-3H3. The maximum absolute atomic E-state index is 13.3. The molecule has 3 heterocycles. The summed E-state index contributed by atoms with van der Waals surface area (Å²) in [5.41, 5.74) is 3.53. The Labute approximate surface area is 152 Å². The summed E-state index contributed by atoms with van der Waals surface area (Å²) in [6.07, 6.45) is 3.74. The molecule has 0 amide bonds. The Morgan fingerprint density at radius 2 is 2.00 bits per heavy atom. The van der Waals surface area contributed by atoms with Crippen LogP contribution in [0.25, 0.3) is 0 Å². The second-order valence-electron chi connectivity index (χ2n) is 6.65. The van der Waals surface area contributed by atoms with E-state index in [0.29, 0.717) is 24.5 Å². The lowest BCUT2D eigenvalue weighted by molar-refractivity contribution is 0.368. The monoisotopic (exact) mass is 372 g/mol. The minimum atomic E-state index is -3.71. The first-order chi connectivity index (χ1) is 12.4. The lowest BCUT2D eigenvalue weighted by Crippen LogP contribution is -2.38. The van der Waals surface area contributed by atoms with E-state index < -0.39 is 10.0 Å². The van der Waals surface area contributed by atoms with Crippen molar-refractivity contribution in [3.63, 3.8) is 0 Å². The molecule has 8 heteroatoms. The van der Waals surface area contributed by atoms with Gasteiger partial charge < -0.3 is 4.52 Å². The van der Waals surface area contributed by atoms with Crippen molar-refractivity contribution in [2.45, 2.75) is 31.2 Å². The van der Waals surface area contributed by atoms with Gasteiger partial charge in [-0.25, -0.2) is 8.42 Å². The number of rotatable bonds is 3. The predicted octanol–water partition coefficient (Wildman–Crippen LogP) is 2.36. The normalized spacial score (nSPS) is 18.0. The Morgan fingerprint density at radius 1 is 1.23 bits per heavy atom. The zero-order chi connectivity index (χ0) is 18.5. The summed E-state index contributed by atoms with van der Waals surface area (Å²) in [5, 5.41) is 8.06. The Balaban J connectivity index is 1.81. The molecule has 1 unspecified atom stereocenters. The van der Waals surface area contributed by atoms with Crippen LogP contribution in [0.3, 0.4) is 0 Å². The molecule has 4 rings (SSSR count). The van der Waals surface area contributed by atoms with E-state index in [0.717, 1.165) is 16.7 Å². The SMILES string of the molecule is Cc1noc(C)c1S(=O)(=O)N1Cc2ccccc2C(c2cnn(C)c2)C1. The molecule has 1 aliphatic heterocycles. The van der Waals surface area contributed by atoms with E-state index in [2.05, 4.69) is 16.3 Å². The van der Waals surface area contributed by atoms with Gasteiger partial charge in [0.1, 0.15) is 10.6 Å². The molecule has 1 atom stereocenters. The third-order valence-electron chi connectivity index (χ3n) is 4.86. The van der Waals surface area contributed by atoms with Crippen molar-refractivity contribution in [3.8, 4) is 0 Å². The molecule has 1 aliphatic rings. The summed E-state index contributed by atoms with van der Waals surface area (Å²) in [6.45, 7) is 3.97. The number of fused-ring (bicyclic) bond motifs is 1. The summed E-state index contributed by atoms with van der Waals surface area (Å²) in [4.78, 5) is 0.168. The van der Waals surface area contributed by atoms with Gasteiger partial charge in [0.25, 0.3) is 0 Å². The van der Waals surface area contributed by atoms with Gasteiger partial charge in [-0.3, -0.25) is 4.68 Å². The summed E-state index contributed by atoms with van der Waals surface area (Å²) in [6, 6.07) is 7.96. The average molecular weight is 372 g/mol. The molecule has 0 N–H and O–H groups in total. The highest BCUT2D eigenvalue weighted by Gasteiger charge is 2.37. The molecule has 0 spiro atoms. The molecule has 0 fully saturated rings. The molecular weight excluding hydrogens is 352 g/mol. The first kappa shape index (κ1) is 17.0. The lowest BCUT2D eigenvalue weighted by atomic mass is 9.87. The van der Waals surface area contributed by atoms with Gasteiger partial charge >= 0.3 is 0 Å². The minimum Gasteiger partial charge on any atom is -0.360 e. The number of benzene rings is 1. The van der Waals surface area contributed by atoms with E-state index in [4.69, 9.17) is 4.52 Å². The van der Waals surface area contributed by atoms with E-state index in [-0.39, 0.29) is 10.8 Å². The van der Waals surface area contributed by atoms with Crippen LogP contribution in [0.1, 0.15) is 34.1 Å². The fraction of sp³-hybridized carbons (Fsp3) is 0.333. The van der Waals surface area contributed by atoms with E-state index in [1.807, 2.05) is 31.4 Å². The largest absolute Gasteiger partial charge is 0.360 e. The van der Waals surface area contributed by atoms with Crippen molar-refractivity contribution < 1.29 is 12.9 Å². The van der Waals surface area contributed by atoms with Crippen LogP contribution in [-0.4, -0.2) is 34.2 Å². The maximum atomic E-state index is 13.3. The van der Waals surface area contributed by atoms with Crippen LogP contribution in [-0.2, 0) is 23.6 Å². The van der Waals surface area contributed by atoms with Crippen LogP contribution < -0.4 is 0 Å². The maximum Gasteiger partial charge on any atom is 0.248 e. The molecule has 26 heavy (non-hydrogen) atoms. The van der Waals surface area contributed by atoms with Crippen molar-refractivity contribution in [2.24, 2.45) is 7.05 Å². The number of aromatic nitrogens is 3. The third kappa shape index (κ3) is 2.65. The first-order valence-corrected chi connectivity index (χ1v) is 9.81. The zero-order valence-corrected chi connectivity index (χ0v) is 15.7. The Kier molecular flexibility index (Phi) is 3.96. The highest BCUT2D eigenvalue weighted by atomic mass is 32.2. The van der Waals surface area contributed by atoms with E-state index >= 15 is 0 Å². The fourth-order valence-electron chi connectivity index (χ4n) is 3.63. The molecule has 2 aromatic heterocycles. The quantitative estimate of drug-likeness (QED) is 0.705. The van der Waals surface area contributed by atoms with E-state index in [9.17, 15) is 8.42 Å². The van der Waals surface area contributed by atoms with Crippen molar-refractivity contribution in [3.05, 3.63) is 64.8 Å². The minimum absolute atomic E-state index is 0.0658. The second kappa shape index (κ2) is 6.07. The number of hydrogen-bond donors (Lipinski definition) is 0. The van der Waals surface area contributed by atoms with Crippen LogP contribution >= 0.6 is 0 Å². The third-order valence-corrected chi connectivity index (χ3v) is 6.91. The predicted molar refractivity (Wildman–Crippen MR) is 95.1 cm³/mol. The van der Waals surface area contributed by atoms with Crippen LogP contribution in [0.15, 0.2) is 46.1 Å². The zero-order valence-electron chi connectivity index (χ0n) is 14.9. The van der Waals surface area contributed by atoms with Crippen molar-refractivity contribution in [1.82, 2.24) is 19.2 Å². The molecule has 0 saturated carbocycles. The van der Waals surface area contributed by atoms with E-state index in [1.165, 1.54) is 4.31 Å². The van der Waals surface area contributed by atoms with Gasteiger partial charge in [-0.2, -0.15) is 9.40 Å². The van der Waals surface area contributed by atoms with E-state index in [1.54, 1.807) is 24.7 Å². The van der Waals surface area contributed by atoms with Gasteiger partial charge in [-0.05, 0) is 30.5 Å². The fourth-order valence-corrected chi connectivity index (χ4v) is 5.36. The van der Waals surface area contributed by atoms with Crippen molar-refractivity contribution >= 4 is 10.0 Å². The topological polar surface area (TPSA) is 81.2 Å². The smallest absolute Gasteiger partial charge is 0.248 e. The Bertz CT molecular complexity index is 1050. The van der Waals surface area contributed by atoms with Crippen molar-refractivity contribution in [2.75, 3.05) is 6.54 Å². The van der Waals surface area contributed by atoms with Gasteiger partial charge in [0, 0.05) is 32.3 Å². The molecule has 0 saturated heterocycles. The summed E-state index contributed by atoms with van der Waals surface area (Å²) in [5.74, 6) is 0.253. The molecule has 0 radical (unpaired) electrons. The molecule has 0 bridgehead atoms. The van der Waals surface area contributed by atoms with Gasteiger partial charge in [-0.15, -0.1) is 0 Å². The highest BCUT2D eigenvalue weighted by molar-refractivity contribution is 7.89. The summed E-state index contributed by atoms with van der Waals surface area (Å²) >= 11 is 0. The Hall–Kier alpha value is -2.45. The van der Waals surface area contributed by atoms with Crippen molar-refractivity contribution in [1.29, 1.82) is 0 Å². The number of sulfonamides is 1. The van der Waals surface area contributed by atoms with Crippen LogP contribution in [0.2, 0.25) is 0 Å². The average Bonchev–Trinajstić information content (AvgIpc) is 3.19. The molecular formula is C18H20N4O3S. The molecule has 1 aromatic carbocycles.